The van der Waals surface area contributed by atoms with E-state index in [1.54, 1.807) is 0 Å². The third-order valence-corrected chi connectivity index (χ3v) is 9.33. The molecule has 2 unspecified atom stereocenters. The number of benzene rings is 2. The lowest BCUT2D eigenvalue weighted by molar-refractivity contribution is -0.0676. The van der Waals surface area contributed by atoms with Crippen LogP contribution in [-0.2, 0) is 17.9 Å². The molecule has 4 aliphatic rings. The summed E-state index contributed by atoms with van der Waals surface area (Å²) in [5, 5.41) is 9.10. The first-order chi connectivity index (χ1) is 17.6. The largest absolute Gasteiger partial charge is 0.372 e. The molecule has 3 aliphatic heterocycles. The number of aromatic nitrogens is 2. The highest BCUT2D eigenvalue weighted by molar-refractivity contribution is 6.06. The molecule has 188 valence electrons. The summed E-state index contributed by atoms with van der Waals surface area (Å²) in [5.41, 5.74) is 4.34. The summed E-state index contributed by atoms with van der Waals surface area (Å²) < 4.78 is 8.16. The van der Waals surface area contributed by atoms with Crippen molar-refractivity contribution in [1.29, 1.82) is 0 Å². The van der Waals surface area contributed by atoms with Crippen LogP contribution in [0.4, 0.5) is 5.69 Å². The van der Waals surface area contributed by atoms with Crippen LogP contribution in [0.15, 0.2) is 48.5 Å². The van der Waals surface area contributed by atoms with Crippen molar-refractivity contribution >= 4 is 22.5 Å². The minimum Gasteiger partial charge on any atom is -0.372 e. The predicted octanol–water partition coefficient (Wildman–Crippen LogP) is 3.82. The first-order valence-corrected chi connectivity index (χ1v) is 13.6. The van der Waals surface area contributed by atoms with Crippen LogP contribution >= 0.6 is 0 Å². The first kappa shape index (κ1) is 22.3. The molecule has 1 spiro atoms. The number of carbonyl (C=O) groups excluding carboxylic acids is 1. The van der Waals surface area contributed by atoms with Gasteiger partial charge in [-0.25, -0.2) is 0 Å². The van der Waals surface area contributed by atoms with Crippen molar-refractivity contribution in [3.63, 3.8) is 0 Å². The van der Waals surface area contributed by atoms with Crippen LogP contribution in [0.5, 0.6) is 0 Å². The third kappa shape index (κ3) is 3.47. The molecule has 3 aromatic rings. The Kier molecular flexibility index (Phi) is 5.33. The summed E-state index contributed by atoms with van der Waals surface area (Å²) in [5.74, 6) is 0.590. The summed E-state index contributed by atoms with van der Waals surface area (Å²) in [6.07, 6.45) is 5.05. The van der Waals surface area contributed by atoms with E-state index in [1.807, 2.05) is 10.7 Å². The van der Waals surface area contributed by atoms with Crippen molar-refractivity contribution < 1.29 is 9.53 Å². The molecule has 3 saturated heterocycles. The maximum absolute atomic E-state index is 13.5. The highest BCUT2D eigenvalue weighted by Gasteiger charge is 2.63. The third-order valence-electron chi connectivity index (χ3n) is 9.33. The lowest BCUT2D eigenvalue weighted by Gasteiger charge is -2.58. The van der Waals surface area contributed by atoms with Gasteiger partial charge in [0.1, 0.15) is 0 Å². The van der Waals surface area contributed by atoms with Gasteiger partial charge in [0.05, 0.1) is 18.2 Å². The Hall–Kier alpha value is -2.90. The number of hydrogen-bond donors (Lipinski definition) is 1. The minimum absolute atomic E-state index is 0.0237. The quantitative estimate of drug-likeness (QED) is 0.551. The van der Waals surface area contributed by atoms with Crippen LogP contribution in [0.2, 0.25) is 0 Å². The number of ether oxygens (including phenoxy) is 1. The van der Waals surface area contributed by atoms with Crippen LogP contribution < -0.4 is 10.2 Å². The van der Waals surface area contributed by atoms with Gasteiger partial charge in [-0.1, -0.05) is 30.3 Å². The molecule has 1 aliphatic carbocycles. The zero-order valence-electron chi connectivity index (χ0n) is 21.0. The van der Waals surface area contributed by atoms with E-state index in [0.29, 0.717) is 23.8 Å². The summed E-state index contributed by atoms with van der Waals surface area (Å²) >= 11 is 0. The highest BCUT2D eigenvalue weighted by Crippen LogP contribution is 2.57. The second kappa shape index (κ2) is 8.60. The van der Waals surface area contributed by atoms with Gasteiger partial charge in [-0.05, 0) is 62.3 Å². The molecule has 7 rings (SSSR count). The molecule has 1 amide bonds. The lowest BCUT2D eigenvalue weighted by Crippen LogP contribution is -2.64. The number of fused-ring (bicyclic) bond motifs is 1. The summed E-state index contributed by atoms with van der Waals surface area (Å²) in [4.78, 5) is 18.5. The maximum Gasteiger partial charge on any atom is 0.272 e. The van der Waals surface area contributed by atoms with Gasteiger partial charge in [0.2, 0.25) is 0 Å². The topological polar surface area (TPSA) is 62.6 Å². The van der Waals surface area contributed by atoms with Crippen molar-refractivity contribution in [2.75, 3.05) is 31.1 Å². The molecule has 0 radical (unpaired) electrons. The summed E-state index contributed by atoms with van der Waals surface area (Å²) in [6, 6.07) is 17.1. The molecule has 2 aromatic carbocycles. The molecule has 1 saturated carbocycles. The molecule has 1 N–H and O–H groups in total. The van der Waals surface area contributed by atoms with Gasteiger partial charge in [0, 0.05) is 55.4 Å². The molecule has 0 bridgehead atoms. The molecule has 1 aromatic heterocycles. The van der Waals surface area contributed by atoms with Crippen molar-refractivity contribution in [2.24, 2.45) is 5.92 Å². The number of nitrogens with one attached hydrogen (secondary N) is 1. The van der Waals surface area contributed by atoms with Gasteiger partial charge in [-0.3, -0.25) is 14.4 Å². The van der Waals surface area contributed by atoms with Gasteiger partial charge in [-0.15, -0.1) is 0 Å². The molecule has 7 heteroatoms. The van der Waals surface area contributed by atoms with Gasteiger partial charge < -0.3 is 15.0 Å². The number of carbonyl (C=O) groups is 1. The van der Waals surface area contributed by atoms with Gasteiger partial charge in [-0.2, -0.15) is 5.10 Å². The zero-order valence-corrected chi connectivity index (χ0v) is 21.0. The number of anilines is 1. The Morgan fingerprint density at radius 2 is 2.00 bits per heavy atom. The molecular weight excluding hydrogens is 450 g/mol. The van der Waals surface area contributed by atoms with Gasteiger partial charge in [0.15, 0.2) is 5.69 Å². The maximum atomic E-state index is 13.5. The van der Waals surface area contributed by atoms with Crippen molar-refractivity contribution in [2.45, 2.75) is 63.4 Å². The predicted molar refractivity (Wildman–Crippen MR) is 140 cm³/mol. The SMILES string of the molecule is CCn1nc(C(=O)N[C@@H]2CN3CCC34CC[C@H]24)c2cc(N3CCC(OCc4ccccc4)C3)ccc21. The number of nitrogens with zero attached hydrogens (tertiary/aromatic N) is 4. The standard InChI is InChI=1S/C29H35N5O2/c1-2-34-26-9-8-21(32-14-11-22(17-32)36-19-20-6-4-3-5-7-20)16-23(26)27(31-34)28(35)30-25-18-33-15-13-29(33)12-10-24(25)29/h3-9,16,22,24-25H,2,10-15,17-19H2,1H3,(H,30,35)/t22?,24-,25-,29?/m1/s1. The van der Waals surface area contributed by atoms with Crippen LogP contribution in [-0.4, -0.2) is 64.5 Å². The molecule has 4 heterocycles. The Balaban J connectivity index is 1.08. The van der Waals surface area contributed by atoms with Gasteiger partial charge in [0.25, 0.3) is 5.91 Å². The van der Waals surface area contributed by atoms with Crippen molar-refractivity contribution in [3.05, 3.63) is 59.8 Å². The first-order valence-electron chi connectivity index (χ1n) is 13.6. The summed E-state index contributed by atoms with van der Waals surface area (Å²) in [6.45, 7) is 7.46. The lowest BCUT2D eigenvalue weighted by atomic mass is 9.61. The Morgan fingerprint density at radius 1 is 1.11 bits per heavy atom. The fourth-order valence-electron chi connectivity index (χ4n) is 7.16. The average molecular weight is 486 g/mol. The van der Waals surface area contributed by atoms with Crippen LogP contribution in [0.25, 0.3) is 10.9 Å². The second-order valence-corrected chi connectivity index (χ2v) is 11.0. The molecule has 7 nitrogen and oxygen atoms in total. The van der Waals surface area contributed by atoms with Gasteiger partial charge >= 0.3 is 0 Å². The number of hydrogen-bond acceptors (Lipinski definition) is 5. The monoisotopic (exact) mass is 485 g/mol. The van der Waals surface area contributed by atoms with E-state index >= 15 is 0 Å². The Bertz CT molecular complexity index is 1290. The summed E-state index contributed by atoms with van der Waals surface area (Å²) in [7, 11) is 0. The van der Waals surface area contributed by atoms with E-state index in [0.717, 1.165) is 49.2 Å². The highest BCUT2D eigenvalue weighted by atomic mass is 16.5. The molecule has 4 fully saturated rings. The molecule has 36 heavy (non-hydrogen) atoms. The van der Waals surface area contributed by atoms with E-state index in [4.69, 9.17) is 9.84 Å². The number of aryl methyl sites for hydroxylation is 1. The smallest absolute Gasteiger partial charge is 0.272 e. The van der Waals surface area contributed by atoms with E-state index in [1.165, 1.54) is 31.4 Å². The zero-order chi connectivity index (χ0) is 24.3. The van der Waals surface area contributed by atoms with Crippen LogP contribution in [0.3, 0.4) is 0 Å². The molecule has 4 atom stereocenters. The minimum atomic E-state index is -0.0237. The number of amides is 1. The average Bonchev–Trinajstić information content (AvgIpc) is 3.52. The van der Waals surface area contributed by atoms with Crippen molar-refractivity contribution in [1.82, 2.24) is 20.0 Å². The van der Waals surface area contributed by atoms with Crippen molar-refractivity contribution in [3.8, 4) is 0 Å². The van der Waals surface area contributed by atoms with E-state index < -0.39 is 0 Å². The normalized spacial score (nSPS) is 29.0. The number of rotatable bonds is 7. The van der Waals surface area contributed by atoms with E-state index in [2.05, 4.69) is 64.5 Å². The molecular formula is C29H35N5O2. The fraction of sp³-hybridized carbons (Fsp3) is 0.517. The fourth-order valence-corrected chi connectivity index (χ4v) is 7.16. The van der Waals surface area contributed by atoms with Crippen LogP contribution in [0.1, 0.15) is 48.7 Å². The Morgan fingerprint density at radius 3 is 2.72 bits per heavy atom. The van der Waals surface area contributed by atoms with E-state index in [-0.39, 0.29) is 18.1 Å². The van der Waals surface area contributed by atoms with Crippen LogP contribution in [0, 0.1) is 5.92 Å². The second-order valence-electron chi connectivity index (χ2n) is 11.0. The van der Waals surface area contributed by atoms with E-state index in [9.17, 15) is 4.79 Å². The Labute approximate surface area is 212 Å².